The monoisotopic (exact) mass is 574 g/mol. The lowest BCUT2D eigenvalue weighted by Gasteiger charge is -2.11. The number of hydrogen-bond acceptors (Lipinski definition) is 0. The summed E-state index contributed by atoms with van der Waals surface area (Å²) in [6.07, 6.45) is 0. The maximum absolute atomic E-state index is 2.40. The van der Waals surface area contributed by atoms with Crippen molar-refractivity contribution in [3.05, 3.63) is 169 Å². The number of para-hydroxylation sites is 2. The molecule has 7 aromatic carbocycles. The molecule has 212 valence electrons. The molecular formula is C43H30N2. The second-order valence-corrected chi connectivity index (χ2v) is 11.9. The highest BCUT2D eigenvalue weighted by atomic mass is 15.0. The molecule has 0 aliphatic rings. The molecule has 0 atom stereocenters. The summed E-state index contributed by atoms with van der Waals surface area (Å²) < 4.78 is 4.79. The van der Waals surface area contributed by atoms with Crippen LogP contribution in [-0.2, 0) is 0 Å². The molecule has 0 unspecified atom stereocenters. The Kier molecular flexibility index (Phi) is 5.76. The van der Waals surface area contributed by atoms with E-state index in [-0.39, 0.29) is 0 Å². The molecule has 0 bridgehead atoms. The van der Waals surface area contributed by atoms with Crippen molar-refractivity contribution < 1.29 is 0 Å². The van der Waals surface area contributed by atoms with Gasteiger partial charge in [0.15, 0.2) is 0 Å². The first-order valence-electron chi connectivity index (χ1n) is 15.5. The molecule has 45 heavy (non-hydrogen) atoms. The van der Waals surface area contributed by atoms with Crippen LogP contribution in [0.2, 0.25) is 0 Å². The Bertz CT molecular complexity index is 2550. The van der Waals surface area contributed by atoms with Gasteiger partial charge in [-0.05, 0) is 95.4 Å². The predicted molar refractivity (Wildman–Crippen MR) is 191 cm³/mol. The summed E-state index contributed by atoms with van der Waals surface area (Å²) in [5, 5.41) is 5.06. The molecule has 2 heteroatoms. The van der Waals surface area contributed by atoms with Gasteiger partial charge >= 0.3 is 0 Å². The molecule has 2 heterocycles. The van der Waals surface area contributed by atoms with E-state index in [9.17, 15) is 0 Å². The van der Waals surface area contributed by atoms with E-state index in [2.05, 4.69) is 180 Å². The summed E-state index contributed by atoms with van der Waals surface area (Å²) in [4.78, 5) is 0. The first-order valence-corrected chi connectivity index (χ1v) is 15.5. The zero-order valence-corrected chi connectivity index (χ0v) is 25.0. The van der Waals surface area contributed by atoms with Crippen molar-refractivity contribution in [1.82, 2.24) is 9.13 Å². The summed E-state index contributed by atoms with van der Waals surface area (Å²) >= 11 is 0. The number of hydrogen-bond donors (Lipinski definition) is 0. The number of benzene rings is 7. The van der Waals surface area contributed by atoms with Crippen molar-refractivity contribution in [2.24, 2.45) is 0 Å². The van der Waals surface area contributed by atoms with Crippen molar-refractivity contribution in [2.45, 2.75) is 6.92 Å². The minimum atomic E-state index is 1.17. The summed E-state index contributed by atoms with van der Waals surface area (Å²) in [6, 6.07) is 59.6. The SMILES string of the molecule is Cc1cccc(-n2c3ccccc3c3cc(-c4ccc5c(c4)c4ccccc4n5-c4cccc(-c5ccccc5)c4)ccc32)c1. The second kappa shape index (κ2) is 10.1. The summed E-state index contributed by atoms with van der Waals surface area (Å²) in [7, 11) is 0. The first-order chi connectivity index (χ1) is 22.2. The van der Waals surface area contributed by atoms with Gasteiger partial charge in [0.2, 0.25) is 0 Å². The highest BCUT2D eigenvalue weighted by Crippen LogP contribution is 2.38. The van der Waals surface area contributed by atoms with Crippen LogP contribution in [0, 0.1) is 6.92 Å². The van der Waals surface area contributed by atoms with E-state index in [1.165, 1.54) is 82.8 Å². The normalized spacial score (nSPS) is 11.7. The molecular weight excluding hydrogens is 544 g/mol. The molecule has 0 fully saturated rings. The first kappa shape index (κ1) is 25.6. The zero-order valence-electron chi connectivity index (χ0n) is 25.0. The number of fused-ring (bicyclic) bond motifs is 6. The maximum Gasteiger partial charge on any atom is 0.0541 e. The highest BCUT2D eigenvalue weighted by molar-refractivity contribution is 6.12. The summed E-state index contributed by atoms with van der Waals surface area (Å²) in [6.45, 7) is 2.16. The van der Waals surface area contributed by atoms with Crippen LogP contribution in [0.25, 0.3) is 77.2 Å². The van der Waals surface area contributed by atoms with Gasteiger partial charge in [-0.3, -0.25) is 0 Å². The number of aromatic nitrogens is 2. The van der Waals surface area contributed by atoms with Crippen molar-refractivity contribution in [3.63, 3.8) is 0 Å². The third-order valence-electron chi connectivity index (χ3n) is 9.15. The van der Waals surface area contributed by atoms with Crippen LogP contribution >= 0.6 is 0 Å². The zero-order chi connectivity index (χ0) is 29.9. The van der Waals surface area contributed by atoms with Crippen molar-refractivity contribution in [3.8, 4) is 33.6 Å². The molecule has 0 amide bonds. The Labute approximate surface area is 262 Å². The largest absolute Gasteiger partial charge is 0.309 e. The lowest BCUT2D eigenvalue weighted by molar-refractivity contribution is 1.17. The molecule has 0 spiro atoms. The fourth-order valence-electron chi connectivity index (χ4n) is 7.08. The molecule has 0 saturated carbocycles. The topological polar surface area (TPSA) is 9.86 Å². The van der Waals surface area contributed by atoms with Gasteiger partial charge in [-0.2, -0.15) is 0 Å². The summed E-state index contributed by atoms with van der Waals surface area (Å²) in [5.74, 6) is 0. The molecule has 2 nitrogen and oxygen atoms in total. The van der Waals surface area contributed by atoms with Gasteiger partial charge in [0, 0.05) is 32.9 Å². The van der Waals surface area contributed by atoms with Crippen LogP contribution in [0.15, 0.2) is 164 Å². The lowest BCUT2D eigenvalue weighted by Crippen LogP contribution is -1.94. The van der Waals surface area contributed by atoms with Crippen LogP contribution in [-0.4, -0.2) is 9.13 Å². The van der Waals surface area contributed by atoms with E-state index in [1.807, 2.05) is 0 Å². The summed E-state index contributed by atoms with van der Waals surface area (Å²) in [5.41, 5.74) is 13.4. The van der Waals surface area contributed by atoms with E-state index in [4.69, 9.17) is 0 Å². The van der Waals surface area contributed by atoms with Crippen molar-refractivity contribution in [1.29, 1.82) is 0 Å². The molecule has 0 aliphatic heterocycles. The number of nitrogens with zero attached hydrogens (tertiary/aromatic N) is 2. The van der Waals surface area contributed by atoms with Crippen LogP contribution in [0.5, 0.6) is 0 Å². The quantitative estimate of drug-likeness (QED) is 0.198. The van der Waals surface area contributed by atoms with Gasteiger partial charge < -0.3 is 9.13 Å². The average Bonchev–Trinajstić information content (AvgIpc) is 3.61. The minimum absolute atomic E-state index is 1.17. The van der Waals surface area contributed by atoms with Crippen LogP contribution < -0.4 is 0 Å². The Balaban J connectivity index is 1.22. The maximum atomic E-state index is 2.40. The van der Waals surface area contributed by atoms with E-state index < -0.39 is 0 Å². The van der Waals surface area contributed by atoms with E-state index in [1.54, 1.807) is 0 Å². The Morgan fingerprint density at radius 1 is 0.311 bits per heavy atom. The van der Waals surface area contributed by atoms with Gasteiger partial charge in [-0.15, -0.1) is 0 Å². The van der Waals surface area contributed by atoms with Gasteiger partial charge in [0.05, 0.1) is 22.1 Å². The van der Waals surface area contributed by atoms with Crippen molar-refractivity contribution in [2.75, 3.05) is 0 Å². The second-order valence-electron chi connectivity index (χ2n) is 11.9. The standard InChI is InChI=1S/C43H30N2/c1-29-11-9-15-34(25-29)44-40-19-7-5-17-36(40)38-27-32(21-23-42(38)44)33-22-24-43-39(28-33)37-18-6-8-20-41(37)45(43)35-16-10-14-31(26-35)30-12-3-2-4-13-30/h2-28H,1H3. The minimum Gasteiger partial charge on any atom is -0.309 e. The Morgan fingerprint density at radius 3 is 1.38 bits per heavy atom. The molecule has 0 radical (unpaired) electrons. The van der Waals surface area contributed by atoms with Crippen LogP contribution in [0.1, 0.15) is 5.56 Å². The van der Waals surface area contributed by atoms with Gasteiger partial charge in [-0.1, -0.05) is 103 Å². The molecule has 9 rings (SSSR count). The predicted octanol–water partition coefficient (Wildman–Crippen LogP) is 11.5. The molecule has 9 aromatic rings. The van der Waals surface area contributed by atoms with Gasteiger partial charge in [0.1, 0.15) is 0 Å². The molecule has 2 aromatic heterocycles. The fourth-order valence-corrected chi connectivity index (χ4v) is 7.08. The van der Waals surface area contributed by atoms with Crippen molar-refractivity contribution >= 4 is 43.6 Å². The van der Waals surface area contributed by atoms with Gasteiger partial charge in [0.25, 0.3) is 0 Å². The van der Waals surface area contributed by atoms with Crippen LogP contribution in [0.4, 0.5) is 0 Å². The van der Waals surface area contributed by atoms with Gasteiger partial charge in [-0.25, -0.2) is 0 Å². The Morgan fingerprint density at radius 2 is 0.778 bits per heavy atom. The highest BCUT2D eigenvalue weighted by Gasteiger charge is 2.16. The lowest BCUT2D eigenvalue weighted by atomic mass is 10.0. The van der Waals surface area contributed by atoms with E-state index >= 15 is 0 Å². The third kappa shape index (κ3) is 4.11. The smallest absolute Gasteiger partial charge is 0.0541 e. The molecule has 0 aliphatic carbocycles. The van der Waals surface area contributed by atoms with Crippen LogP contribution in [0.3, 0.4) is 0 Å². The molecule has 0 N–H and O–H groups in total. The fraction of sp³-hybridized carbons (Fsp3) is 0.0233. The Hall–Kier alpha value is -5.86. The number of aryl methyl sites for hydroxylation is 1. The van der Waals surface area contributed by atoms with E-state index in [0.717, 1.165) is 0 Å². The average molecular weight is 575 g/mol. The number of rotatable bonds is 4. The third-order valence-corrected chi connectivity index (χ3v) is 9.15. The van der Waals surface area contributed by atoms with E-state index in [0.29, 0.717) is 0 Å². The molecule has 0 saturated heterocycles.